The van der Waals surface area contributed by atoms with Crippen LogP contribution >= 0.6 is 7.60 Å². The van der Waals surface area contributed by atoms with E-state index in [4.69, 9.17) is 19.9 Å². The van der Waals surface area contributed by atoms with Crippen LogP contribution in [-0.2, 0) is 26.7 Å². The van der Waals surface area contributed by atoms with Gasteiger partial charge in [-0.1, -0.05) is 24.3 Å². The largest absolute Gasteiger partial charge is 0.461 e. The first-order valence-electron chi connectivity index (χ1n) is 12.2. The standard InChI is InChI=1S/C23H36N7O6P/c1-23(25-6-7-29-8-10-35-11-9-29)28-19-20(24)26-22(36-13-12-34-2)27-21(19)30(23)15-17-4-3-5-18(14-17)16-37(31,32)33/h3-5,14,25,28H,6-13,15-16H2,1-2H3,(H2,24,26,27)(H2,31,32,33). The molecule has 3 heterocycles. The predicted molar refractivity (Wildman–Crippen MR) is 139 cm³/mol. The zero-order chi connectivity index (χ0) is 26.5. The summed E-state index contributed by atoms with van der Waals surface area (Å²) >= 11 is 0. The highest BCUT2D eigenvalue weighted by molar-refractivity contribution is 7.50. The molecule has 1 aromatic carbocycles. The van der Waals surface area contributed by atoms with Crippen LogP contribution in [0.1, 0.15) is 18.1 Å². The molecule has 0 amide bonds. The number of hydrogen-bond donors (Lipinski definition) is 5. The number of anilines is 3. The van der Waals surface area contributed by atoms with Gasteiger partial charge in [-0.15, -0.1) is 0 Å². The van der Waals surface area contributed by atoms with E-state index in [1.54, 1.807) is 25.3 Å². The van der Waals surface area contributed by atoms with Gasteiger partial charge in [0.1, 0.15) is 12.3 Å². The second-order valence-electron chi connectivity index (χ2n) is 9.24. The molecule has 2 aliphatic rings. The summed E-state index contributed by atoms with van der Waals surface area (Å²) in [6.45, 7) is 7.84. The topological polar surface area (TPSA) is 168 Å². The van der Waals surface area contributed by atoms with Crippen LogP contribution in [0.3, 0.4) is 0 Å². The highest BCUT2D eigenvalue weighted by atomic mass is 31.2. The molecule has 1 atom stereocenters. The molecule has 2 aliphatic heterocycles. The molecule has 0 saturated carbocycles. The first-order chi connectivity index (χ1) is 17.7. The van der Waals surface area contributed by atoms with Gasteiger partial charge in [-0.3, -0.25) is 14.8 Å². The molecule has 1 unspecified atom stereocenters. The average Bonchev–Trinajstić information content (AvgIpc) is 3.11. The van der Waals surface area contributed by atoms with E-state index in [9.17, 15) is 14.4 Å². The minimum Gasteiger partial charge on any atom is -0.461 e. The molecule has 1 fully saturated rings. The average molecular weight is 538 g/mol. The molecular weight excluding hydrogens is 501 g/mol. The lowest BCUT2D eigenvalue weighted by Crippen LogP contribution is -2.60. The Kier molecular flexibility index (Phi) is 8.86. The maximum atomic E-state index is 11.6. The van der Waals surface area contributed by atoms with Crippen molar-refractivity contribution in [2.45, 2.75) is 25.4 Å². The van der Waals surface area contributed by atoms with Crippen LogP contribution < -0.4 is 26.0 Å². The fraction of sp³-hybridized carbons (Fsp3) is 0.565. The number of nitrogens with two attached hydrogens (primary N) is 1. The van der Waals surface area contributed by atoms with E-state index in [1.807, 2.05) is 17.9 Å². The molecule has 2 aromatic rings. The summed E-state index contributed by atoms with van der Waals surface area (Å²) in [5, 5.41) is 7.05. The Morgan fingerprint density at radius 3 is 2.73 bits per heavy atom. The number of morpholine rings is 1. The van der Waals surface area contributed by atoms with Crippen LogP contribution in [-0.4, -0.2) is 90.2 Å². The van der Waals surface area contributed by atoms with Gasteiger partial charge in [-0.25, -0.2) is 0 Å². The lowest BCUT2D eigenvalue weighted by molar-refractivity contribution is 0.0377. The lowest BCUT2D eigenvalue weighted by Gasteiger charge is -2.38. The Morgan fingerprint density at radius 1 is 1.24 bits per heavy atom. The third kappa shape index (κ3) is 7.29. The number of aromatic nitrogens is 2. The third-order valence-corrected chi connectivity index (χ3v) is 7.08. The Bertz CT molecular complexity index is 1110. The van der Waals surface area contributed by atoms with Crippen molar-refractivity contribution >= 4 is 24.9 Å². The summed E-state index contributed by atoms with van der Waals surface area (Å²) in [7, 11) is -2.61. The van der Waals surface area contributed by atoms with Gasteiger partial charge in [0.05, 0.1) is 26.0 Å². The van der Waals surface area contributed by atoms with E-state index in [1.165, 1.54) is 0 Å². The Morgan fingerprint density at radius 2 is 2.00 bits per heavy atom. The summed E-state index contributed by atoms with van der Waals surface area (Å²) in [6.07, 6.45) is -0.322. The first-order valence-corrected chi connectivity index (χ1v) is 14.0. The van der Waals surface area contributed by atoms with Crippen molar-refractivity contribution in [1.82, 2.24) is 20.2 Å². The minimum atomic E-state index is -4.19. The van der Waals surface area contributed by atoms with E-state index in [-0.39, 0.29) is 24.6 Å². The molecule has 37 heavy (non-hydrogen) atoms. The number of hydrogen-bond acceptors (Lipinski definition) is 11. The summed E-state index contributed by atoms with van der Waals surface area (Å²) in [4.78, 5) is 32.2. The number of ether oxygens (including phenoxy) is 3. The Labute approximate surface area is 216 Å². The fourth-order valence-electron chi connectivity index (χ4n) is 4.47. The lowest BCUT2D eigenvalue weighted by atomic mass is 10.1. The third-order valence-electron chi connectivity index (χ3n) is 6.30. The van der Waals surface area contributed by atoms with E-state index < -0.39 is 13.4 Å². The van der Waals surface area contributed by atoms with Gasteiger partial charge in [-0.05, 0) is 18.1 Å². The van der Waals surface area contributed by atoms with Crippen molar-refractivity contribution in [1.29, 1.82) is 0 Å². The van der Waals surface area contributed by atoms with Gasteiger partial charge in [-0.2, -0.15) is 9.97 Å². The van der Waals surface area contributed by atoms with Crippen molar-refractivity contribution in [2.24, 2.45) is 0 Å². The van der Waals surface area contributed by atoms with E-state index in [0.717, 1.165) is 38.4 Å². The van der Waals surface area contributed by atoms with Crippen LogP contribution in [0.5, 0.6) is 6.01 Å². The fourth-order valence-corrected chi connectivity index (χ4v) is 5.14. The van der Waals surface area contributed by atoms with E-state index in [0.29, 0.717) is 36.8 Å². The number of nitrogens with one attached hydrogen (secondary N) is 2. The molecule has 0 spiro atoms. The number of methoxy groups -OCH3 is 1. The SMILES string of the molecule is COCCOc1nc(N)c2c(n1)N(Cc1cccc(CP(=O)(O)O)c1)C(C)(NCCN1CCOCC1)N2. The normalized spacial score (nSPS) is 20.1. The number of nitrogens with zero attached hydrogens (tertiary/aromatic N) is 4. The zero-order valence-electron chi connectivity index (χ0n) is 21.2. The van der Waals surface area contributed by atoms with Crippen LogP contribution in [0.4, 0.5) is 17.3 Å². The molecule has 13 nitrogen and oxygen atoms in total. The van der Waals surface area contributed by atoms with Crippen molar-refractivity contribution in [2.75, 3.05) is 75.7 Å². The van der Waals surface area contributed by atoms with Gasteiger partial charge in [0.25, 0.3) is 0 Å². The minimum absolute atomic E-state index is 0.146. The smallest absolute Gasteiger partial charge is 0.329 e. The van der Waals surface area contributed by atoms with Crippen LogP contribution in [0, 0.1) is 0 Å². The monoisotopic (exact) mass is 537 g/mol. The van der Waals surface area contributed by atoms with E-state index in [2.05, 4.69) is 25.5 Å². The van der Waals surface area contributed by atoms with Crippen LogP contribution in [0.2, 0.25) is 0 Å². The highest BCUT2D eigenvalue weighted by Gasteiger charge is 2.42. The van der Waals surface area contributed by atoms with Crippen LogP contribution in [0.15, 0.2) is 24.3 Å². The summed E-state index contributed by atoms with van der Waals surface area (Å²) in [6, 6.07) is 7.36. The summed E-state index contributed by atoms with van der Waals surface area (Å²) in [5.41, 5.74) is 8.32. The summed E-state index contributed by atoms with van der Waals surface area (Å²) in [5.74, 6) is 0.0695. The maximum absolute atomic E-state index is 11.6. The van der Waals surface area contributed by atoms with Gasteiger partial charge >= 0.3 is 13.6 Å². The van der Waals surface area contributed by atoms with Crippen molar-refractivity contribution in [3.63, 3.8) is 0 Å². The van der Waals surface area contributed by atoms with Gasteiger partial charge in [0.2, 0.25) is 0 Å². The molecule has 1 saturated heterocycles. The van der Waals surface area contributed by atoms with Crippen molar-refractivity contribution in [3.05, 3.63) is 35.4 Å². The molecule has 204 valence electrons. The Balaban J connectivity index is 1.59. The zero-order valence-corrected chi connectivity index (χ0v) is 22.1. The molecule has 4 rings (SSSR count). The molecule has 14 heteroatoms. The number of nitrogen functional groups attached to an aromatic ring is 1. The predicted octanol–water partition coefficient (Wildman–Crippen LogP) is 0.789. The van der Waals surface area contributed by atoms with Gasteiger partial charge in [0, 0.05) is 39.8 Å². The molecular formula is C23H36N7O6P. The Hall–Kier alpha value is -2.51. The van der Waals surface area contributed by atoms with E-state index >= 15 is 0 Å². The molecule has 0 aliphatic carbocycles. The molecule has 0 bridgehead atoms. The second-order valence-corrected chi connectivity index (χ2v) is 10.9. The molecule has 1 aromatic heterocycles. The number of rotatable bonds is 12. The van der Waals surface area contributed by atoms with Crippen molar-refractivity contribution < 1.29 is 28.6 Å². The highest BCUT2D eigenvalue weighted by Crippen LogP contribution is 2.43. The van der Waals surface area contributed by atoms with Crippen molar-refractivity contribution in [3.8, 4) is 6.01 Å². The first kappa shape index (κ1) is 27.5. The summed E-state index contributed by atoms with van der Waals surface area (Å²) < 4.78 is 27.7. The number of fused-ring (bicyclic) bond motifs is 1. The van der Waals surface area contributed by atoms with Gasteiger partial charge in [0.15, 0.2) is 17.4 Å². The number of benzene rings is 1. The quantitative estimate of drug-likeness (QED) is 0.191. The second kappa shape index (κ2) is 11.9. The van der Waals surface area contributed by atoms with Gasteiger partial charge < -0.3 is 39.9 Å². The molecule has 6 N–H and O–H groups in total. The molecule has 0 radical (unpaired) electrons. The van der Waals surface area contributed by atoms with Crippen LogP contribution in [0.25, 0.3) is 0 Å². The maximum Gasteiger partial charge on any atom is 0.329 e.